The minimum absolute atomic E-state index is 0.140. The monoisotopic (exact) mass is 325 g/mol. The first-order valence-corrected chi connectivity index (χ1v) is 8.31. The fraction of sp³-hybridized carbons (Fsp3) is 0.400. The summed E-state index contributed by atoms with van der Waals surface area (Å²) in [6.45, 7) is 4.83. The highest BCUT2D eigenvalue weighted by Crippen LogP contribution is 2.28. The van der Waals surface area contributed by atoms with Crippen LogP contribution in [0.4, 0.5) is 10.1 Å². The second-order valence-corrected chi connectivity index (χ2v) is 6.67. The summed E-state index contributed by atoms with van der Waals surface area (Å²) in [6.07, 6.45) is 3.17. The number of H-pyrrole nitrogens is 1. The molecule has 1 atom stereocenters. The predicted octanol–water partition coefficient (Wildman–Crippen LogP) is 2.93. The second kappa shape index (κ2) is 7.40. The number of nitrogens with zero attached hydrogens (tertiary/aromatic N) is 1. The lowest BCUT2D eigenvalue weighted by Crippen LogP contribution is -2.11. The summed E-state index contributed by atoms with van der Waals surface area (Å²) >= 11 is 0. The molecule has 0 radical (unpaired) electrons. The van der Waals surface area contributed by atoms with Gasteiger partial charge in [-0.25, -0.2) is 9.37 Å². The van der Waals surface area contributed by atoms with E-state index in [2.05, 4.69) is 29.1 Å². The van der Waals surface area contributed by atoms with Crippen LogP contribution in [0.5, 0.6) is 5.75 Å². The standard InChI is InChI=1S/C15H20FN3O2S/c1-10(2)8-19-13-7-12(16)14(21-3)6-11(13)9-22(20)15-17-4-5-18-15/h4-7,10,19H,8-9H2,1-3H3,(H,17,18). The second-order valence-electron chi connectivity index (χ2n) is 5.30. The summed E-state index contributed by atoms with van der Waals surface area (Å²) in [4.78, 5) is 6.82. The first-order valence-electron chi connectivity index (χ1n) is 6.99. The number of hydrogen-bond acceptors (Lipinski definition) is 4. The molecule has 1 heterocycles. The smallest absolute Gasteiger partial charge is 0.196 e. The third-order valence-electron chi connectivity index (χ3n) is 3.05. The van der Waals surface area contributed by atoms with E-state index in [0.29, 0.717) is 23.3 Å². The fourth-order valence-corrected chi connectivity index (χ4v) is 2.97. The molecule has 2 N–H and O–H groups in total. The van der Waals surface area contributed by atoms with Gasteiger partial charge in [-0.05, 0) is 17.5 Å². The molecular weight excluding hydrogens is 305 g/mol. The van der Waals surface area contributed by atoms with Crippen molar-refractivity contribution in [3.05, 3.63) is 35.9 Å². The molecular formula is C15H20FN3O2S. The zero-order chi connectivity index (χ0) is 16.1. The zero-order valence-corrected chi connectivity index (χ0v) is 13.7. The summed E-state index contributed by atoms with van der Waals surface area (Å²) in [6, 6.07) is 2.97. The summed E-state index contributed by atoms with van der Waals surface area (Å²) in [5.41, 5.74) is 1.36. The number of methoxy groups -OCH3 is 1. The van der Waals surface area contributed by atoms with Crippen LogP contribution in [-0.2, 0) is 16.6 Å². The first kappa shape index (κ1) is 16.5. The van der Waals surface area contributed by atoms with Gasteiger partial charge in [0.1, 0.15) is 0 Å². The van der Waals surface area contributed by atoms with Crippen molar-refractivity contribution in [3.63, 3.8) is 0 Å². The zero-order valence-electron chi connectivity index (χ0n) is 12.9. The van der Waals surface area contributed by atoms with Crippen LogP contribution in [0.15, 0.2) is 29.7 Å². The molecule has 1 aromatic heterocycles. The topological polar surface area (TPSA) is 67.0 Å². The van der Waals surface area contributed by atoms with Crippen LogP contribution in [0.2, 0.25) is 0 Å². The van der Waals surface area contributed by atoms with Gasteiger partial charge in [-0.3, -0.25) is 4.21 Å². The number of imidazole rings is 1. The van der Waals surface area contributed by atoms with Crippen molar-refractivity contribution in [2.75, 3.05) is 19.0 Å². The Morgan fingerprint density at radius 2 is 2.23 bits per heavy atom. The molecule has 0 fully saturated rings. The molecule has 2 aromatic rings. The number of benzene rings is 1. The summed E-state index contributed by atoms with van der Waals surface area (Å²) in [7, 11) is 0.0802. The number of aromatic nitrogens is 2. The fourth-order valence-electron chi connectivity index (χ4n) is 1.93. The number of rotatable bonds is 7. The van der Waals surface area contributed by atoms with Crippen LogP contribution >= 0.6 is 0 Å². The van der Waals surface area contributed by atoms with Gasteiger partial charge >= 0.3 is 0 Å². The summed E-state index contributed by atoms with van der Waals surface area (Å²) < 4.78 is 31.2. The Kier molecular flexibility index (Phi) is 5.54. The van der Waals surface area contributed by atoms with E-state index in [0.717, 1.165) is 5.56 Å². The van der Waals surface area contributed by atoms with Crippen LogP contribution in [-0.4, -0.2) is 27.8 Å². The number of ether oxygens (including phenoxy) is 1. The number of hydrogen-bond donors (Lipinski definition) is 2. The van der Waals surface area contributed by atoms with Gasteiger partial charge < -0.3 is 15.0 Å². The van der Waals surface area contributed by atoms with Gasteiger partial charge in [-0.2, -0.15) is 0 Å². The maximum absolute atomic E-state index is 13.9. The molecule has 1 aromatic carbocycles. The molecule has 5 nitrogen and oxygen atoms in total. The van der Waals surface area contributed by atoms with Crippen molar-refractivity contribution in [3.8, 4) is 5.75 Å². The summed E-state index contributed by atoms with van der Waals surface area (Å²) in [5, 5.41) is 3.60. The molecule has 0 aliphatic rings. The molecule has 120 valence electrons. The van der Waals surface area contributed by atoms with Crippen molar-refractivity contribution < 1.29 is 13.3 Å². The Balaban J connectivity index is 2.27. The highest BCUT2D eigenvalue weighted by molar-refractivity contribution is 7.84. The van der Waals surface area contributed by atoms with E-state index in [1.807, 2.05) is 0 Å². The van der Waals surface area contributed by atoms with Crippen LogP contribution in [0, 0.1) is 11.7 Å². The number of aromatic amines is 1. The van der Waals surface area contributed by atoms with Gasteiger partial charge in [0, 0.05) is 30.7 Å². The highest BCUT2D eigenvalue weighted by Gasteiger charge is 2.15. The lowest BCUT2D eigenvalue weighted by Gasteiger charge is -2.15. The van der Waals surface area contributed by atoms with E-state index in [-0.39, 0.29) is 11.5 Å². The Morgan fingerprint density at radius 3 is 2.82 bits per heavy atom. The summed E-state index contributed by atoms with van der Waals surface area (Å²) in [5.74, 6) is 0.335. The van der Waals surface area contributed by atoms with Crippen molar-refractivity contribution >= 4 is 16.5 Å². The Bertz CT molecular complexity index is 644. The van der Waals surface area contributed by atoms with Gasteiger partial charge in [-0.1, -0.05) is 13.8 Å². The third kappa shape index (κ3) is 4.07. The molecule has 0 aliphatic carbocycles. The molecule has 1 unspecified atom stereocenters. The van der Waals surface area contributed by atoms with Gasteiger partial charge in [-0.15, -0.1) is 0 Å². The molecule has 0 saturated heterocycles. The number of halogens is 1. The number of nitrogens with one attached hydrogen (secondary N) is 2. The number of anilines is 1. The van der Waals surface area contributed by atoms with Crippen LogP contribution in [0.1, 0.15) is 19.4 Å². The minimum Gasteiger partial charge on any atom is -0.494 e. The van der Waals surface area contributed by atoms with Gasteiger partial charge in [0.25, 0.3) is 0 Å². The van der Waals surface area contributed by atoms with Gasteiger partial charge in [0.15, 0.2) is 16.7 Å². The van der Waals surface area contributed by atoms with Crippen LogP contribution in [0.3, 0.4) is 0 Å². The molecule has 0 spiro atoms. The molecule has 0 amide bonds. The highest BCUT2D eigenvalue weighted by atomic mass is 32.2. The first-order chi connectivity index (χ1) is 10.5. The van der Waals surface area contributed by atoms with Crippen LogP contribution < -0.4 is 10.1 Å². The van der Waals surface area contributed by atoms with E-state index in [9.17, 15) is 8.60 Å². The van der Waals surface area contributed by atoms with Crippen molar-refractivity contribution in [1.82, 2.24) is 9.97 Å². The largest absolute Gasteiger partial charge is 0.494 e. The van der Waals surface area contributed by atoms with Crippen molar-refractivity contribution in [2.24, 2.45) is 5.92 Å². The van der Waals surface area contributed by atoms with Crippen molar-refractivity contribution in [2.45, 2.75) is 24.8 Å². The van der Waals surface area contributed by atoms with Crippen molar-refractivity contribution in [1.29, 1.82) is 0 Å². The van der Waals surface area contributed by atoms with Crippen LogP contribution in [0.25, 0.3) is 0 Å². The Morgan fingerprint density at radius 1 is 1.45 bits per heavy atom. The maximum atomic E-state index is 13.9. The SMILES string of the molecule is COc1cc(CS(=O)c2ncc[nH]2)c(NCC(C)C)cc1F. The van der Waals surface area contributed by atoms with E-state index < -0.39 is 16.6 Å². The normalized spacial score (nSPS) is 12.4. The maximum Gasteiger partial charge on any atom is 0.196 e. The average Bonchev–Trinajstić information content (AvgIpc) is 3.01. The molecule has 0 saturated carbocycles. The van der Waals surface area contributed by atoms with E-state index in [4.69, 9.17) is 4.74 Å². The molecule has 7 heteroatoms. The quantitative estimate of drug-likeness (QED) is 0.821. The van der Waals surface area contributed by atoms with Gasteiger partial charge in [0.2, 0.25) is 0 Å². The molecule has 2 rings (SSSR count). The third-order valence-corrected chi connectivity index (χ3v) is 4.28. The molecule has 22 heavy (non-hydrogen) atoms. The lowest BCUT2D eigenvalue weighted by atomic mass is 10.1. The average molecular weight is 325 g/mol. The van der Waals surface area contributed by atoms with Gasteiger partial charge in [0.05, 0.1) is 23.7 Å². The minimum atomic E-state index is -1.33. The van der Waals surface area contributed by atoms with E-state index >= 15 is 0 Å². The molecule has 0 aliphatic heterocycles. The van der Waals surface area contributed by atoms with E-state index in [1.165, 1.54) is 13.2 Å². The lowest BCUT2D eigenvalue weighted by molar-refractivity contribution is 0.386. The Hall–Kier alpha value is -1.89. The predicted molar refractivity (Wildman–Crippen MR) is 85.0 cm³/mol. The Labute approximate surface area is 131 Å². The molecule has 0 bridgehead atoms. The van der Waals surface area contributed by atoms with E-state index in [1.54, 1.807) is 18.5 Å².